The molecule has 0 fully saturated rings. The molecule has 1 aromatic heterocycles. The normalized spacial score (nSPS) is 10.7. The number of halogens is 2. The van der Waals surface area contributed by atoms with Crippen LogP contribution in [0.25, 0.3) is 0 Å². The third-order valence-electron chi connectivity index (χ3n) is 1.95. The summed E-state index contributed by atoms with van der Waals surface area (Å²) >= 11 is 13.5. The van der Waals surface area contributed by atoms with E-state index in [1.165, 1.54) is 0 Å². The second kappa shape index (κ2) is 5.13. The topological polar surface area (TPSA) is 26.0 Å². The van der Waals surface area contributed by atoms with Gasteiger partial charge in [0.25, 0.3) is 0 Å². The summed E-state index contributed by atoms with van der Waals surface area (Å²) < 4.78 is 4.98. The van der Waals surface area contributed by atoms with Crippen molar-refractivity contribution in [3.05, 3.63) is 45.8 Å². The lowest BCUT2D eigenvalue weighted by Crippen LogP contribution is -1.80. The van der Waals surface area contributed by atoms with Gasteiger partial charge in [0, 0.05) is 21.7 Å². The predicted molar refractivity (Wildman–Crippen MR) is 67.3 cm³/mol. The van der Waals surface area contributed by atoms with Gasteiger partial charge in [0.05, 0.1) is 10.7 Å². The number of rotatable bonds is 3. The Bertz CT molecular complexity index is 498. The fourth-order valence-corrected chi connectivity index (χ4v) is 2.60. The van der Waals surface area contributed by atoms with Gasteiger partial charge in [-0.1, -0.05) is 28.4 Å². The van der Waals surface area contributed by atoms with E-state index < -0.39 is 0 Å². The number of aromatic nitrogens is 1. The monoisotopic (exact) mass is 273 g/mol. The Kier molecular flexibility index (Phi) is 3.79. The second-order valence-corrected chi connectivity index (χ2v) is 5.15. The molecule has 0 saturated heterocycles. The Morgan fingerprint density at radius 2 is 2.12 bits per heavy atom. The molecule has 5 heteroatoms. The molecule has 16 heavy (non-hydrogen) atoms. The van der Waals surface area contributed by atoms with Crippen molar-refractivity contribution >= 4 is 35.0 Å². The van der Waals surface area contributed by atoms with Crippen LogP contribution in [0.4, 0.5) is 0 Å². The molecule has 1 aromatic carbocycles. The van der Waals surface area contributed by atoms with Crippen LogP contribution < -0.4 is 0 Å². The average molecular weight is 274 g/mol. The fourth-order valence-electron chi connectivity index (χ4n) is 1.23. The van der Waals surface area contributed by atoms with Crippen molar-refractivity contribution in [3.63, 3.8) is 0 Å². The van der Waals surface area contributed by atoms with Crippen LogP contribution in [-0.2, 0) is 5.75 Å². The van der Waals surface area contributed by atoms with Gasteiger partial charge in [0.15, 0.2) is 0 Å². The molecule has 0 N–H and O–H groups in total. The minimum Gasteiger partial charge on any atom is -0.361 e. The molecule has 0 radical (unpaired) electrons. The number of nitrogens with zero attached hydrogens (tertiary/aromatic N) is 1. The Morgan fingerprint density at radius 1 is 1.31 bits per heavy atom. The highest BCUT2D eigenvalue weighted by atomic mass is 35.5. The van der Waals surface area contributed by atoms with Crippen LogP contribution in [0.3, 0.4) is 0 Å². The molecule has 0 aliphatic rings. The molecule has 0 unspecified atom stereocenters. The second-order valence-electron chi connectivity index (χ2n) is 3.29. The summed E-state index contributed by atoms with van der Waals surface area (Å²) in [6.07, 6.45) is 0. The smallest absolute Gasteiger partial charge is 0.133 e. The number of aryl methyl sites for hydroxylation is 1. The van der Waals surface area contributed by atoms with E-state index in [0.29, 0.717) is 10.0 Å². The zero-order valence-electron chi connectivity index (χ0n) is 8.54. The first-order valence-electron chi connectivity index (χ1n) is 4.65. The van der Waals surface area contributed by atoms with Crippen molar-refractivity contribution in [1.82, 2.24) is 5.16 Å². The van der Waals surface area contributed by atoms with Gasteiger partial charge in [-0.3, -0.25) is 0 Å². The summed E-state index contributed by atoms with van der Waals surface area (Å²) in [7, 11) is 0. The zero-order chi connectivity index (χ0) is 11.5. The largest absolute Gasteiger partial charge is 0.361 e. The standard InChI is InChI=1S/C11H9Cl2NOS/c1-7-4-9(14-15-7)6-16-11-5-8(12)2-3-10(11)13/h2-5H,6H2,1H3. The maximum absolute atomic E-state index is 6.04. The summed E-state index contributed by atoms with van der Waals surface area (Å²) in [4.78, 5) is 0.954. The Hall–Kier alpha value is -0.640. The van der Waals surface area contributed by atoms with Gasteiger partial charge in [-0.2, -0.15) is 0 Å². The maximum atomic E-state index is 6.04. The minimum absolute atomic E-state index is 0.684. The van der Waals surface area contributed by atoms with E-state index >= 15 is 0 Å². The van der Waals surface area contributed by atoms with Crippen LogP contribution in [0.15, 0.2) is 33.7 Å². The Labute approximate surface area is 108 Å². The molecule has 84 valence electrons. The third kappa shape index (κ3) is 2.94. The van der Waals surface area contributed by atoms with E-state index in [4.69, 9.17) is 27.7 Å². The first-order valence-corrected chi connectivity index (χ1v) is 6.39. The highest BCUT2D eigenvalue weighted by Gasteiger charge is 2.05. The number of thioether (sulfide) groups is 1. The van der Waals surface area contributed by atoms with E-state index in [2.05, 4.69) is 5.16 Å². The Balaban J connectivity index is 2.07. The molecule has 2 rings (SSSR count). The third-order valence-corrected chi connectivity index (χ3v) is 3.71. The highest BCUT2D eigenvalue weighted by Crippen LogP contribution is 2.31. The molecule has 0 saturated carbocycles. The van der Waals surface area contributed by atoms with Crippen molar-refractivity contribution in [2.45, 2.75) is 17.6 Å². The van der Waals surface area contributed by atoms with Gasteiger partial charge in [-0.05, 0) is 25.1 Å². The van der Waals surface area contributed by atoms with Gasteiger partial charge < -0.3 is 4.52 Å². The summed E-state index contributed by atoms with van der Waals surface area (Å²) in [5.74, 6) is 1.53. The lowest BCUT2D eigenvalue weighted by Gasteiger charge is -2.02. The molecule has 0 aliphatic heterocycles. The van der Waals surface area contributed by atoms with E-state index in [9.17, 15) is 0 Å². The molecular formula is C11H9Cl2NOS. The fraction of sp³-hybridized carbons (Fsp3) is 0.182. The molecule has 2 nitrogen and oxygen atoms in total. The van der Waals surface area contributed by atoms with Crippen LogP contribution in [0.1, 0.15) is 11.5 Å². The summed E-state index contributed by atoms with van der Waals surface area (Å²) in [5, 5.41) is 5.30. The van der Waals surface area contributed by atoms with Gasteiger partial charge in [-0.15, -0.1) is 11.8 Å². The SMILES string of the molecule is Cc1cc(CSc2cc(Cl)ccc2Cl)no1. The summed E-state index contributed by atoms with van der Waals surface area (Å²) in [5.41, 5.74) is 0.901. The average Bonchev–Trinajstić information content (AvgIpc) is 2.66. The van der Waals surface area contributed by atoms with E-state index in [-0.39, 0.29) is 0 Å². The minimum atomic E-state index is 0.684. The van der Waals surface area contributed by atoms with Gasteiger partial charge in [0.2, 0.25) is 0 Å². The molecular weight excluding hydrogens is 265 g/mol. The van der Waals surface area contributed by atoms with Gasteiger partial charge in [0.1, 0.15) is 5.76 Å². The molecule has 2 aromatic rings. The first-order chi connectivity index (χ1) is 7.65. The van der Waals surface area contributed by atoms with Crippen molar-refractivity contribution in [2.24, 2.45) is 0 Å². The van der Waals surface area contributed by atoms with E-state index in [1.54, 1.807) is 23.9 Å². The highest BCUT2D eigenvalue weighted by molar-refractivity contribution is 7.98. The maximum Gasteiger partial charge on any atom is 0.133 e. The van der Waals surface area contributed by atoms with E-state index in [0.717, 1.165) is 22.1 Å². The van der Waals surface area contributed by atoms with Gasteiger partial charge in [-0.25, -0.2) is 0 Å². The molecule has 0 amide bonds. The molecule has 0 bridgehead atoms. The van der Waals surface area contributed by atoms with Crippen molar-refractivity contribution in [3.8, 4) is 0 Å². The van der Waals surface area contributed by atoms with Crippen LogP contribution >= 0.6 is 35.0 Å². The molecule has 0 atom stereocenters. The van der Waals surface area contributed by atoms with Crippen molar-refractivity contribution in [1.29, 1.82) is 0 Å². The van der Waals surface area contributed by atoms with Gasteiger partial charge >= 0.3 is 0 Å². The predicted octanol–water partition coefficient (Wildman–Crippen LogP) is 4.58. The Morgan fingerprint density at radius 3 is 2.81 bits per heavy atom. The van der Waals surface area contributed by atoms with Crippen molar-refractivity contribution < 1.29 is 4.52 Å². The van der Waals surface area contributed by atoms with Crippen LogP contribution in [0, 0.1) is 6.92 Å². The summed E-state index contributed by atoms with van der Waals surface area (Å²) in [6.45, 7) is 1.87. The molecule has 1 heterocycles. The molecule has 0 spiro atoms. The number of hydrogen-bond acceptors (Lipinski definition) is 3. The zero-order valence-corrected chi connectivity index (χ0v) is 10.9. The van der Waals surface area contributed by atoms with Crippen molar-refractivity contribution in [2.75, 3.05) is 0 Å². The quantitative estimate of drug-likeness (QED) is 0.766. The van der Waals surface area contributed by atoms with Crippen LogP contribution in [-0.4, -0.2) is 5.16 Å². The van der Waals surface area contributed by atoms with E-state index in [1.807, 2.05) is 19.1 Å². The molecule has 0 aliphatic carbocycles. The lowest BCUT2D eigenvalue weighted by atomic mass is 10.4. The van der Waals surface area contributed by atoms with Crippen LogP contribution in [0.2, 0.25) is 10.0 Å². The first kappa shape index (κ1) is 11.8. The lowest BCUT2D eigenvalue weighted by molar-refractivity contribution is 0.393. The summed E-state index contributed by atoms with van der Waals surface area (Å²) in [6, 6.07) is 7.32. The van der Waals surface area contributed by atoms with Crippen LogP contribution in [0.5, 0.6) is 0 Å². The number of benzene rings is 1. The number of hydrogen-bond donors (Lipinski definition) is 0.